The number of rotatable bonds is 5. The van der Waals surface area contributed by atoms with E-state index in [-0.39, 0.29) is 17.4 Å². The van der Waals surface area contributed by atoms with Gasteiger partial charge >= 0.3 is 18.1 Å². The number of aromatic carboxylic acids is 1. The molecule has 0 unspecified atom stereocenters. The van der Waals surface area contributed by atoms with Gasteiger partial charge in [-0.2, -0.15) is 13.2 Å². The summed E-state index contributed by atoms with van der Waals surface area (Å²) in [7, 11) is 0. The molecule has 2 heterocycles. The Morgan fingerprint density at radius 2 is 1.49 bits per heavy atom. The predicted octanol–water partition coefficient (Wildman–Crippen LogP) is 4.81. The minimum absolute atomic E-state index is 0.000945. The van der Waals surface area contributed by atoms with Crippen LogP contribution in [0.25, 0.3) is 10.9 Å². The van der Waals surface area contributed by atoms with Gasteiger partial charge < -0.3 is 30.5 Å². The van der Waals surface area contributed by atoms with Crippen molar-refractivity contribution in [3.63, 3.8) is 0 Å². The highest BCUT2D eigenvalue weighted by Gasteiger charge is 2.38. The van der Waals surface area contributed by atoms with Crippen LogP contribution >= 0.6 is 0 Å². The van der Waals surface area contributed by atoms with Gasteiger partial charge in [0.25, 0.3) is 5.91 Å². The minimum Gasteiger partial charge on any atom is -0.494 e. The second-order valence-corrected chi connectivity index (χ2v) is 9.49. The molecule has 5 rings (SSSR count). The van der Waals surface area contributed by atoms with Crippen molar-refractivity contribution < 1.29 is 42.9 Å². The lowest BCUT2D eigenvalue weighted by Crippen LogP contribution is -2.34. The van der Waals surface area contributed by atoms with E-state index in [1.807, 2.05) is 35.2 Å². The van der Waals surface area contributed by atoms with Gasteiger partial charge in [-0.05, 0) is 49.4 Å². The summed E-state index contributed by atoms with van der Waals surface area (Å²) in [6.45, 7) is 3.11. The number of aliphatic carboxylic acids is 1. The normalized spacial score (nSPS) is 14.0. The third-order valence-corrected chi connectivity index (χ3v) is 6.53. The molecule has 1 aliphatic rings. The van der Waals surface area contributed by atoms with Crippen LogP contribution < -0.4 is 5.32 Å². The number of halogens is 3. The topological polar surface area (TPSA) is 155 Å². The number of aromatic hydroxyl groups is 1. The van der Waals surface area contributed by atoms with Crippen molar-refractivity contribution in [2.45, 2.75) is 12.6 Å². The molecule has 0 aliphatic carbocycles. The second-order valence-electron chi connectivity index (χ2n) is 9.49. The lowest BCUT2D eigenvalue weighted by Gasteiger charge is -2.20. The lowest BCUT2D eigenvalue weighted by molar-refractivity contribution is -0.192. The van der Waals surface area contributed by atoms with E-state index in [9.17, 15) is 33.0 Å². The van der Waals surface area contributed by atoms with Gasteiger partial charge in [-0.1, -0.05) is 36.4 Å². The number of amides is 1. The van der Waals surface area contributed by atoms with E-state index in [4.69, 9.17) is 14.9 Å². The molecule has 0 radical (unpaired) electrons. The second kappa shape index (κ2) is 13.2. The Kier molecular flexibility index (Phi) is 9.46. The van der Waals surface area contributed by atoms with Crippen molar-refractivity contribution >= 4 is 40.1 Å². The Morgan fingerprint density at radius 3 is 2.12 bits per heavy atom. The molecule has 1 saturated heterocycles. The van der Waals surface area contributed by atoms with E-state index in [0.29, 0.717) is 40.0 Å². The average molecular weight is 597 g/mol. The van der Waals surface area contributed by atoms with Crippen molar-refractivity contribution in [3.05, 3.63) is 95.1 Å². The molecule has 5 N–H and O–H groups in total. The van der Waals surface area contributed by atoms with Crippen LogP contribution in [-0.2, 0) is 4.79 Å². The van der Waals surface area contributed by atoms with Gasteiger partial charge in [-0.3, -0.25) is 4.79 Å². The zero-order valence-corrected chi connectivity index (χ0v) is 22.6. The molecule has 1 aromatic heterocycles. The van der Waals surface area contributed by atoms with Crippen molar-refractivity contribution in [2.75, 3.05) is 26.2 Å². The quantitative estimate of drug-likeness (QED) is 0.207. The van der Waals surface area contributed by atoms with Crippen molar-refractivity contribution in [1.29, 1.82) is 0 Å². The molecule has 1 amide bonds. The number of hydrogen-bond acceptors (Lipinski definition) is 6. The zero-order chi connectivity index (χ0) is 31.1. The first kappa shape index (κ1) is 30.8. The summed E-state index contributed by atoms with van der Waals surface area (Å²) in [4.78, 5) is 42.8. The largest absolute Gasteiger partial charge is 0.494 e. The van der Waals surface area contributed by atoms with Crippen molar-refractivity contribution in [1.82, 2.24) is 15.2 Å². The number of carbonyl (C=O) groups is 3. The summed E-state index contributed by atoms with van der Waals surface area (Å²) in [5.41, 5.74) is 3.64. The highest BCUT2D eigenvalue weighted by molar-refractivity contribution is 6.22. The molecular weight excluding hydrogens is 569 g/mol. The Morgan fingerprint density at radius 1 is 0.837 bits per heavy atom. The van der Waals surface area contributed by atoms with Gasteiger partial charge in [0.1, 0.15) is 0 Å². The first-order chi connectivity index (χ1) is 20.5. The van der Waals surface area contributed by atoms with Crippen LogP contribution in [0.15, 0.2) is 77.8 Å². The maximum atomic E-state index is 12.9. The summed E-state index contributed by atoms with van der Waals surface area (Å²) in [5, 5.41) is 31.2. The van der Waals surface area contributed by atoms with Crippen LogP contribution in [0.2, 0.25) is 0 Å². The number of H-pyrrole nitrogens is 1. The smallest absolute Gasteiger partial charge is 0.490 e. The average Bonchev–Trinajstić information content (AvgIpc) is 3.12. The number of benzene rings is 3. The van der Waals surface area contributed by atoms with Crippen LogP contribution in [-0.4, -0.2) is 81.1 Å². The number of fused-ring (bicyclic) bond motifs is 1. The minimum atomic E-state index is -5.08. The first-order valence-corrected chi connectivity index (χ1v) is 13.1. The monoisotopic (exact) mass is 596 g/mol. The summed E-state index contributed by atoms with van der Waals surface area (Å²) in [6.07, 6.45) is -4.16. The van der Waals surface area contributed by atoms with Crippen LogP contribution in [0.5, 0.6) is 5.88 Å². The van der Waals surface area contributed by atoms with Gasteiger partial charge in [0.05, 0.1) is 22.5 Å². The molecule has 10 nitrogen and oxygen atoms in total. The number of hydrogen-bond donors (Lipinski definition) is 5. The summed E-state index contributed by atoms with van der Waals surface area (Å²) < 4.78 is 31.7. The molecule has 13 heteroatoms. The number of nitrogens with zero attached hydrogens (tertiary/aromatic N) is 2. The number of carbonyl (C=O) groups excluding carboxylic acids is 1. The predicted molar refractivity (Wildman–Crippen MR) is 152 cm³/mol. The highest BCUT2D eigenvalue weighted by atomic mass is 19.4. The molecule has 4 aromatic rings. The van der Waals surface area contributed by atoms with Crippen LogP contribution in [0, 0.1) is 0 Å². The van der Waals surface area contributed by atoms with E-state index in [2.05, 4.69) is 10.3 Å². The maximum absolute atomic E-state index is 12.9. The number of aromatic nitrogens is 1. The first-order valence-electron chi connectivity index (χ1n) is 13.1. The molecule has 43 heavy (non-hydrogen) atoms. The molecule has 1 fully saturated rings. The summed E-state index contributed by atoms with van der Waals surface area (Å²) in [6, 6.07) is 21.3. The Labute approximate surface area is 243 Å². The fourth-order valence-electron chi connectivity index (χ4n) is 4.46. The van der Waals surface area contributed by atoms with Crippen LogP contribution in [0.1, 0.15) is 38.3 Å². The lowest BCUT2D eigenvalue weighted by atomic mass is 10.00. The molecule has 3 aromatic carbocycles. The van der Waals surface area contributed by atoms with Gasteiger partial charge in [-0.15, -0.1) is 0 Å². The molecule has 0 saturated carbocycles. The number of carboxylic acid groups (broad SMARTS) is 2. The number of alkyl halides is 3. The number of nitrogens with one attached hydrogen (secondary N) is 2. The van der Waals surface area contributed by atoms with Gasteiger partial charge in [0.15, 0.2) is 5.88 Å². The van der Waals surface area contributed by atoms with Crippen molar-refractivity contribution in [3.8, 4) is 5.88 Å². The fraction of sp³-hybridized carbons (Fsp3) is 0.200. The highest BCUT2D eigenvalue weighted by Crippen LogP contribution is 2.32. The Bertz CT molecular complexity index is 1640. The van der Waals surface area contributed by atoms with E-state index in [1.165, 1.54) is 12.1 Å². The van der Waals surface area contributed by atoms with E-state index < -0.39 is 18.1 Å². The van der Waals surface area contributed by atoms with Crippen LogP contribution in [0.4, 0.5) is 18.9 Å². The zero-order valence-electron chi connectivity index (χ0n) is 22.6. The SMILES string of the molecule is O=C(O)C(F)(F)F.O=C(O)c1ccc2c(C(=Nc3ccc(C(=O)N4CCCNCC4)cc3)c3ccccc3)c(O)[nH]c2c1. The van der Waals surface area contributed by atoms with Crippen LogP contribution in [0.3, 0.4) is 0 Å². The molecule has 0 bridgehead atoms. The van der Waals surface area contributed by atoms with Gasteiger partial charge in [-0.25, -0.2) is 14.6 Å². The van der Waals surface area contributed by atoms with Crippen molar-refractivity contribution in [2.24, 2.45) is 4.99 Å². The number of aromatic amines is 1. The molecule has 0 atom stereocenters. The molecular formula is C30H27F3N4O6. The van der Waals surface area contributed by atoms with E-state index in [0.717, 1.165) is 31.6 Å². The van der Waals surface area contributed by atoms with E-state index in [1.54, 1.807) is 30.3 Å². The number of aliphatic imine (C=N–C) groups is 1. The third kappa shape index (κ3) is 7.57. The molecule has 1 aliphatic heterocycles. The maximum Gasteiger partial charge on any atom is 0.490 e. The Hall–Kier alpha value is -5.17. The standard InChI is InChI=1S/C28H26N4O4.C2HF3O2/c33-26-24(22-12-9-20(28(35)36)17-23(22)31-26)25(18-5-2-1-3-6-18)30-21-10-7-19(8-11-21)27(34)32-15-4-13-29-14-16-32;3-2(4,5)1(6)7/h1-3,5-12,17,29,31,33H,4,13-16H2,(H,35,36);(H,6,7). The third-order valence-electron chi connectivity index (χ3n) is 6.53. The number of carboxylic acids is 2. The Balaban J connectivity index is 0.000000541. The fourth-order valence-corrected chi connectivity index (χ4v) is 4.46. The van der Waals surface area contributed by atoms with E-state index >= 15 is 0 Å². The summed E-state index contributed by atoms with van der Waals surface area (Å²) in [5.74, 6) is -3.90. The van der Waals surface area contributed by atoms with Gasteiger partial charge in [0, 0.05) is 41.7 Å². The molecule has 224 valence electrons. The van der Waals surface area contributed by atoms with Gasteiger partial charge in [0.2, 0.25) is 0 Å². The molecule has 0 spiro atoms. The summed E-state index contributed by atoms with van der Waals surface area (Å²) >= 11 is 0.